The van der Waals surface area contributed by atoms with Crippen LogP contribution < -0.4 is 5.73 Å². The van der Waals surface area contributed by atoms with E-state index < -0.39 is 5.91 Å². The van der Waals surface area contributed by atoms with Crippen molar-refractivity contribution in [3.63, 3.8) is 0 Å². The van der Waals surface area contributed by atoms with Gasteiger partial charge in [0.25, 0.3) is 0 Å². The van der Waals surface area contributed by atoms with Gasteiger partial charge in [-0.25, -0.2) is 0 Å². The monoisotopic (exact) mass is 385 g/mol. The summed E-state index contributed by atoms with van der Waals surface area (Å²) in [4.78, 5) is 15.8. The number of nitrogens with zero attached hydrogens (tertiary/aromatic N) is 2. The maximum absolute atomic E-state index is 11.4. The van der Waals surface area contributed by atoms with E-state index in [2.05, 4.69) is 26.1 Å². The van der Waals surface area contributed by atoms with Crippen LogP contribution in [0.1, 0.15) is 28.2 Å². The molecule has 0 saturated heterocycles. The standard InChI is InChI=1S/C18H16BrN3O2/c19-14-8-3-7-13(11-14)18-21-16(24-22-18)10-4-6-12-5-1-2-9-15(12)17(20)23/h1-3,5,7-9,11H,4,6,10H2,(H2,20,23). The Labute approximate surface area is 148 Å². The van der Waals surface area contributed by atoms with Gasteiger partial charge in [0.15, 0.2) is 0 Å². The Morgan fingerprint density at radius 2 is 1.96 bits per heavy atom. The van der Waals surface area contributed by atoms with Crippen molar-refractivity contribution >= 4 is 21.8 Å². The summed E-state index contributed by atoms with van der Waals surface area (Å²) in [6, 6.07) is 15.1. The van der Waals surface area contributed by atoms with Crippen LogP contribution in [0.25, 0.3) is 11.4 Å². The van der Waals surface area contributed by atoms with Crippen LogP contribution in [0.5, 0.6) is 0 Å². The first-order valence-electron chi connectivity index (χ1n) is 7.60. The van der Waals surface area contributed by atoms with Crippen molar-refractivity contribution in [1.82, 2.24) is 10.1 Å². The lowest BCUT2D eigenvalue weighted by atomic mass is 10.0. The van der Waals surface area contributed by atoms with E-state index >= 15 is 0 Å². The SMILES string of the molecule is NC(=O)c1ccccc1CCCc1nc(-c2cccc(Br)c2)no1. The molecule has 2 aromatic carbocycles. The quantitative estimate of drug-likeness (QED) is 0.699. The summed E-state index contributed by atoms with van der Waals surface area (Å²) >= 11 is 3.43. The fraction of sp³-hybridized carbons (Fsp3) is 0.167. The number of hydrogen-bond donors (Lipinski definition) is 1. The molecular weight excluding hydrogens is 370 g/mol. The largest absolute Gasteiger partial charge is 0.366 e. The molecule has 0 aliphatic heterocycles. The van der Waals surface area contributed by atoms with Gasteiger partial charge in [-0.1, -0.05) is 51.4 Å². The van der Waals surface area contributed by atoms with E-state index in [0.29, 0.717) is 23.7 Å². The molecule has 0 radical (unpaired) electrons. The molecule has 0 aliphatic carbocycles. The van der Waals surface area contributed by atoms with E-state index in [1.807, 2.05) is 42.5 Å². The van der Waals surface area contributed by atoms with Crippen LogP contribution >= 0.6 is 15.9 Å². The second kappa shape index (κ2) is 7.40. The molecule has 1 heterocycles. The molecule has 0 spiro atoms. The number of aryl methyl sites for hydroxylation is 2. The Balaban J connectivity index is 1.63. The average Bonchev–Trinajstić information content (AvgIpc) is 3.04. The number of primary amides is 1. The molecule has 3 aromatic rings. The predicted octanol–water partition coefficient (Wildman–Crippen LogP) is 3.77. The molecule has 3 rings (SSSR count). The lowest BCUT2D eigenvalue weighted by molar-refractivity contribution is 0.0999. The Kier molecular flexibility index (Phi) is 5.05. The molecule has 0 bridgehead atoms. The summed E-state index contributed by atoms with van der Waals surface area (Å²) in [7, 11) is 0. The summed E-state index contributed by atoms with van der Waals surface area (Å²) in [5.74, 6) is 0.755. The van der Waals surface area contributed by atoms with E-state index in [-0.39, 0.29) is 0 Å². The van der Waals surface area contributed by atoms with E-state index in [0.717, 1.165) is 28.4 Å². The van der Waals surface area contributed by atoms with E-state index in [9.17, 15) is 4.79 Å². The Morgan fingerprint density at radius 1 is 1.12 bits per heavy atom. The first kappa shape index (κ1) is 16.4. The van der Waals surface area contributed by atoms with Gasteiger partial charge in [-0.3, -0.25) is 4.79 Å². The van der Waals surface area contributed by atoms with Crippen LogP contribution in [0, 0.1) is 0 Å². The van der Waals surface area contributed by atoms with Gasteiger partial charge in [-0.15, -0.1) is 0 Å². The van der Waals surface area contributed by atoms with Crippen molar-refractivity contribution < 1.29 is 9.32 Å². The molecule has 0 atom stereocenters. The molecule has 5 nitrogen and oxygen atoms in total. The Hall–Kier alpha value is -2.47. The molecule has 1 amide bonds. The fourth-order valence-electron chi connectivity index (χ4n) is 2.51. The molecule has 0 saturated carbocycles. The maximum Gasteiger partial charge on any atom is 0.248 e. The summed E-state index contributed by atoms with van der Waals surface area (Å²) in [6.07, 6.45) is 2.17. The molecule has 0 fully saturated rings. The van der Waals surface area contributed by atoms with E-state index in [4.69, 9.17) is 10.3 Å². The van der Waals surface area contributed by atoms with Gasteiger partial charge < -0.3 is 10.3 Å². The lowest BCUT2D eigenvalue weighted by Gasteiger charge is -2.04. The molecule has 0 unspecified atom stereocenters. The van der Waals surface area contributed by atoms with Gasteiger partial charge in [0.2, 0.25) is 17.6 Å². The average molecular weight is 386 g/mol. The number of amides is 1. The van der Waals surface area contributed by atoms with Crippen LogP contribution in [0.4, 0.5) is 0 Å². The Morgan fingerprint density at radius 3 is 2.75 bits per heavy atom. The summed E-state index contributed by atoms with van der Waals surface area (Å²) in [5, 5.41) is 4.02. The zero-order valence-electron chi connectivity index (χ0n) is 12.9. The van der Waals surface area contributed by atoms with Crippen LogP contribution in [0.2, 0.25) is 0 Å². The molecule has 6 heteroatoms. The summed E-state index contributed by atoms with van der Waals surface area (Å²) < 4.78 is 6.27. The lowest BCUT2D eigenvalue weighted by Crippen LogP contribution is -2.13. The number of benzene rings is 2. The molecule has 2 N–H and O–H groups in total. The van der Waals surface area contributed by atoms with Crippen molar-refractivity contribution in [3.8, 4) is 11.4 Å². The maximum atomic E-state index is 11.4. The van der Waals surface area contributed by atoms with Gasteiger partial charge in [-0.05, 0) is 36.6 Å². The highest BCUT2D eigenvalue weighted by atomic mass is 79.9. The molecule has 122 valence electrons. The molecule has 1 aromatic heterocycles. The van der Waals surface area contributed by atoms with Crippen molar-refractivity contribution in [3.05, 3.63) is 70.0 Å². The number of aromatic nitrogens is 2. The third-order valence-corrected chi connectivity index (χ3v) is 4.16. The highest BCUT2D eigenvalue weighted by Gasteiger charge is 2.10. The second-order valence-corrected chi connectivity index (χ2v) is 6.31. The van der Waals surface area contributed by atoms with Crippen LogP contribution in [-0.4, -0.2) is 16.0 Å². The number of rotatable bonds is 6. The fourth-order valence-corrected chi connectivity index (χ4v) is 2.91. The van der Waals surface area contributed by atoms with E-state index in [1.54, 1.807) is 6.07 Å². The summed E-state index contributed by atoms with van der Waals surface area (Å²) in [6.45, 7) is 0. The smallest absolute Gasteiger partial charge is 0.248 e. The van der Waals surface area contributed by atoms with Crippen molar-refractivity contribution in [2.75, 3.05) is 0 Å². The number of hydrogen-bond acceptors (Lipinski definition) is 4. The van der Waals surface area contributed by atoms with Gasteiger partial charge in [-0.2, -0.15) is 4.98 Å². The van der Waals surface area contributed by atoms with Crippen LogP contribution in [-0.2, 0) is 12.8 Å². The molecule has 24 heavy (non-hydrogen) atoms. The van der Waals surface area contributed by atoms with Gasteiger partial charge >= 0.3 is 0 Å². The van der Waals surface area contributed by atoms with Crippen molar-refractivity contribution in [2.24, 2.45) is 5.73 Å². The second-order valence-electron chi connectivity index (χ2n) is 5.40. The minimum Gasteiger partial charge on any atom is -0.366 e. The third-order valence-electron chi connectivity index (χ3n) is 3.67. The highest BCUT2D eigenvalue weighted by molar-refractivity contribution is 9.10. The normalized spacial score (nSPS) is 10.7. The summed E-state index contributed by atoms with van der Waals surface area (Å²) in [5.41, 5.74) is 7.80. The topological polar surface area (TPSA) is 82.0 Å². The minimum absolute atomic E-state index is 0.402. The molecular formula is C18H16BrN3O2. The highest BCUT2D eigenvalue weighted by Crippen LogP contribution is 2.21. The zero-order chi connectivity index (χ0) is 16.9. The van der Waals surface area contributed by atoms with Crippen molar-refractivity contribution in [2.45, 2.75) is 19.3 Å². The predicted molar refractivity (Wildman–Crippen MR) is 94.4 cm³/mol. The van der Waals surface area contributed by atoms with Crippen LogP contribution in [0.15, 0.2) is 57.5 Å². The van der Waals surface area contributed by atoms with Crippen molar-refractivity contribution in [1.29, 1.82) is 0 Å². The third kappa shape index (κ3) is 3.89. The number of nitrogens with two attached hydrogens (primary N) is 1. The first-order valence-corrected chi connectivity index (χ1v) is 8.39. The zero-order valence-corrected chi connectivity index (χ0v) is 14.5. The van der Waals surface area contributed by atoms with Crippen LogP contribution in [0.3, 0.4) is 0 Å². The molecule has 0 aliphatic rings. The number of halogens is 1. The van der Waals surface area contributed by atoms with Gasteiger partial charge in [0.05, 0.1) is 0 Å². The minimum atomic E-state index is -0.402. The van der Waals surface area contributed by atoms with E-state index in [1.165, 1.54) is 0 Å². The first-order chi connectivity index (χ1) is 11.6. The number of carbonyl (C=O) groups excluding carboxylic acids is 1. The van der Waals surface area contributed by atoms with Gasteiger partial charge in [0.1, 0.15) is 0 Å². The van der Waals surface area contributed by atoms with Gasteiger partial charge in [0, 0.05) is 22.0 Å². The number of carbonyl (C=O) groups is 1. The Bertz CT molecular complexity index is 861.